The molecule has 0 aliphatic rings. The van der Waals surface area contributed by atoms with Gasteiger partial charge < -0.3 is 15.2 Å². The molecule has 2 aromatic rings. The third-order valence-electron chi connectivity index (χ3n) is 4.13. The van der Waals surface area contributed by atoms with Crippen LogP contribution in [0, 0.1) is 6.92 Å². The van der Waals surface area contributed by atoms with Crippen LogP contribution in [0.3, 0.4) is 0 Å². The predicted molar refractivity (Wildman–Crippen MR) is 94.9 cm³/mol. The number of rotatable bonds is 6. The zero-order valence-corrected chi connectivity index (χ0v) is 14.7. The van der Waals surface area contributed by atoms with Crippen molar-refractivity contribution >= 4 is 5.91 Å². The zero-order valence-electron chi connectivity index (χ0n) is 14.7. The molecule has 0 radical (unpaired) electrons. The first-order valence-corrected chi connectivity index (χ1v) is 8.05. The van der Waals surface area contributed by atoms with Gasteiger partial charge in [-0.05, 0) is 32.4 Å². The number of carbonyl (C=O) groups is 1. The number of amides is 1. The summed E-state index contributed by atoms with van der Waals surface area (Å²) in [5.74, 6) is 0.531. The number of hydrogen-bond donors (Lipinski definition) is 2. The quantitative estimate of drug-likeness (QED) is 0.854. The van der Waals surface area contributed by atoms with E-state index in [4.69, 9.17) is 4.74 Å². The molecule has 2 atom stereocenters. The number of aliphatic hydroxyl groups is 1. The third-order valence-corrected chi connectivity index (χ3v) is 4.13. The van der Waals surface area contributed by atoms with Crippen molar-refractivity contribution in [1.29, 1.82) is 0 Å². The van der Waals surface area contributed by atoms with Crippen LogP contribution in [0.25, 0.3) is 0 Å². The molecule has 0 heterocycles. The van der Waals surface area contributed by atoms with Crippen LogP contribution in [0.5, 0.6) is 5.75 Å². The Bertz CT molecular complexity index is 695. The maximum atomic E-state index is 12.4. The Labute approximate surface area is 143 Å². The highest BCUT2D eigenvalue weighted by molar-refractivity contribution is 5.77. The summed E-state index contributed by atoms with van der Waals surface area (Å²) < 4.78 is 5.37. The van der Waals surface area contributed by atoms with E-state index in [9.17, 15) is 9.90 Å². The lowest BCUT2D eigenvalue weighted by Gasteiger charge is -2.25. The van der Waals surface area contributed by atoms with E-state index in [1.54, 1.807) is 14.0 Å². The number of hydrogen-bond acceptors (Lipinski definition) is 3. The lowest BCUT2D eigenvalue weighted by molar-refractivity contribution is -0.126. The highest BCUT2D eigenvalue weighted by atomic mass is 16.5. The minimum Gasteiger partial charge on any atom is -0.496 e. The van der Waals surface area contributed by atoms with Gasteiger partial charge in [0, 0.05) is 5.56 Å². The fourth-order valence-electron chi connectivity index (χ4n) is 2.77. The van der Waals surface area contributed by atoms with Crippen LogP contribution in [0.15, 0.2) is 48.5 Å². The number of carbonyl (C=O) groups excluding carboxylic acids is 1. The molecule has 2 N–H and O–H groups in total. The van der Waals surface area contributed by atoms with E-state index >= 15 is 0 Å². The summed E-state index contributed by atoms with van der Waals surface area (Å²) >= 11 is 0. The Kier molecular flexibility index (Phi) is 5.62. The molecule has 2 unspecified atom stereocenters. The molecule has 4 heteroatoms. The normalized spacial score (nSPS) is 14.5. The molecular weight excluding hydrogens is 302 g/mol. The van der Waals surface area contributed by atoms with E-state index in [2.05, 4.69) is 5.32 Å². The highest BCUT2D eigenvalue weighted by Gasteiger charge is 2.27. The minimum atomic E-state index is -1.21. The maximum absolute atomic E-state index is 12.4. The summed E-state index contributed by atoms with van der Waals surface area (Å²) in [6, 6.07) is 14.9. The predicted octanol–water partition coefficient (Wildman–Crippen LogP) is 3.48. The van der Waals surface area contributed by atoms with Crippen molar-refractivity contribution in [2.75, 3.05) is 7.11 Å². The van der Waals surface area contributed by atoms with E-state index in [-0.39, 0.29) is 18.4 Å². The van der Waals surface area contributed by atoms with Crippen LogP contribution in [-0.2, 0) is 10.4 Å². The van der Waals surface area contributed by atoms with E-state index in [0.29, 0.717) is 0 Å². The lowest BCUT2D eigenvalue weighted by Crippen LogP contribution is -2.34. The summed E-state index contributed by atoms with van der Waals surface area (Å²) in [5.41, 5.74) is 1.54. The van der Waals surface area contributed by atoms with Gasteiger partial charge in [-0.1, -0.05) is 48.0 Å². The van der Waals surface area contributed by atoms with Gasteiger partial charge in [-0.15, -0.1) is 0 Å². The molecule has 0 spiro atoms. The number of nitrogens with one attached hydrogen (secondary N) is 1. The Hall–Kier alpha value is -2.33. The molecular formula is C20H25NO3. The standard InChI is InChI=1S/C20H25NO3/c1-14-10-11-18(24-4)17(12-14)15(2)21-19(22)13-20(3,23)16-8-6-5-7-9-16/h5-12,15,23H,13H2,1-4H3,(H,21,22). The number of benzene rings is 2. The Balaban J connectivity index is 2.08. The Morgan fingerprint density at radius 3 is 2.54 bits per heavy atom. The topological polar surface area (TPSA) is 58.6 Å². The summed E-state index contributed by atoms with van der Waals surface area (Å²) in [4.78, 5) is 12.4. The molecule has 128 valence electrons. The van der Waals surface area contributed by atoms with Crippen molar-refractivity contribution in [1.82, 2.24) is 5.32 Å². The molecule has 2 rings (SSSR count). The maximum Gasteiger partial charge on any atom is 0.223 e. The van der Waals surface area contributed by atoms with E-state index < -0.39 is 5.60 Å². The molecule has 0 bridgehead atoms. The average Bonchev–Trinajstić information content (AvgIpc) is 2.55. The van der Waals surface area contributed by atoms with Gasteiger partial charge in [-0.3, -0.25) is 4.79 Å². The number of methoxy groups -OCH3 is 1. The second-order valence-electron chi connectivity index (χ2n) is 6.35. The van der Waals surface area contributed by atoms with Gasteiger partial charge in [0.1, 0.15) is 5.75 Å². The van der Waals surface area contributed by atoms with Crippen molar-refractivity contribution in [2.24, 2.45) is 0 Å². The van der Waals surface area contributed by atoms with Crippen LogP contribution in [-0.4, -0.2) is 18.1 Å². The Morgan fingerprint density at radius 2 is 1.92 bits per heavy atom. The van der Waals surface area contributed by atoms with Crippen LogP contribution in [0.2, 0.25) is 0 Å². The smallest absolute Gasteiger partial charge is 0.223 e. The first-order valence-electron chi connectivity index (χ1n) is 8.05. The second kappa shape index (κ2) is 7.49. The molecule has 4 nitrogen and oxygen atoms in total. The average molecular weight is 327 g/mol. The summed E-state index contributed by atoms with van der Waals surface area (Å²) in [6.07, 6.45) is -0.00448. The van der Waals surface area contributed by atoms with Gasteiger partial charge in [0.05, 0.1) is 25.2 Å². The fourth-order valence-corrected chi connectivity index (χ4v) is 2.77. The molecule has 2 aromatic carbocycles. The molecule has 0 aliphatic heterocycles. The van der Waals surface area contributed by atoms with E-state index in [1.807, 2.05) is 62.4 Å². The third kappa shape index (κ3) is 4.36. The van der Waals surface area contributed by atoms with Gasteiger partial charge in [0.15, 0.2) is 0 Å². The number of aryl methyl sites for hydroxylation is 1. The first kappa shape index (κ1) is 18.0. The fraction of sp³-hybridized carbons (Fsp3) is 0.350. The van der Waals surface area contributed by atoms with E-state index in [1.165, 1.54) is 0 Å². The van der Waals surface area contributed by atoms with Crippen LogP contribution < -0.4 is 10.1 Å². The van der Waals surface area contributed by atoms with Gasteiger partial charge in [0.2, 0.25) is 5.91 Å². The minimum absolute atomic E-state index is 0.00448. The molecule has 0 fully saturated rings. The van der Waals surface area contributed by atoms with Crippen molar-refractivity contribution in [3.8, 4) is 5.75 Å². The van der Waals surface area contributed by atoms with E-state index in [0.717, 1.165) is 22.4 Å². The SMILES string of the molecule is COc1ccc(C)cc1C(C)NC(=O)CC(C)(O)c1ccccc1. The largest absolute Gasteiger partial charge is 0.496 e. The van der Waals surface area contributed by atoms with Gasteiger partial charge in [-0.2, -0.15) is 0 Å². The molecule has 0 aromatic heterocycles. The molecule has 0 saturated carbocycles. The van der Waals surface area contributed by atoms with Crippen molar-refractivity contribution in [2.45, 2.75) is 38.8 Å². The van der Waals surface area contributed by atoms with Crippen LogP contribution >= 0.6 is 0 Å². The van der Waals surface area contributed by atoms with Crippen molar-refractivity contribution in [3.05, 3.63) is 65.2 Å². The van der Waals surface area contributed by atoms with Gasteiger partial charge in [0.25, 0.3) is 0 Å². The Morgan fingerprint density at radius 1 is 1.25 bits per heavy atom. The summed E-state index contributed by atoms with van der Waals surface area (Å²) in [6.45, 7) is 5.56. The molecule has 24 heavy (non-hydrogen) atoms. The second-order valence-corrected chi connectivity index (χ2v) is 6.35. The van der Waals surface area contributed by atoms with Gasteiger partial charge >= 0.3 is 0 Å². The molecule has 1 amide bonds. The van der Waals surface area contributed by atoms with Crippen LogP contribution in [0.4, 0.5) is 0 Å². The summed E-state index contributed by atoms with van der Waals surface area (Å²) in [7, 11) is 1.61. The first-order chi connectivity index (χ1) is 11.3. The molecule has 0 saturated heterocycles. The van der Waals surface area contributed by atoms with Crippen molar-refractivity contribution in [3.63, 3.8) is 0 Å². The van der Waals surface area contributed by atoms with Crippen LogP contribution in [0.1, 0.15) is 43.0 Å². The van der Waals surface area contributed by atoms with Crippen molar-refractivity contribution < 1.29 is 14.6 Å². The highest BCUT2D eigenvalue weighted by Crippen LogP contribution is 2.28. The summed E-state index contributed by atoms with van der Waals surface area (Å²) in [5, 5.41) is 13.5. The lowest BCUT2D eigenvalue weighted by atomic mass is 9.92. The zero-order chi connectivity index (χ0) is 17.7. The number of ether oxygens (including phenoxy) is 1. The van der Waals surface area contributed by atoms with Gasteiger partial charge in [-0.25, -0.2) is 0 Å². The molecule has 0 aliphatic carbocycles. The monoisotopic (exact) mass is 327 g/mol.